The largest absolute Gasteiger partial charge is 0.382 e. The van der Waals surface area contributed by atoms with Gasteiger partial charge in [-0.25, -0.2) is 23.5 Å². The fourth-order valence-electron chi connectivity index (χ4n) is 3.12. The highest BCUT2D eigenvalue weighted by molar-refractivity contribution is 7.89. The minimum Gasteiger partial charge on any atom is -0.382 e. The Balaban J connectivity index is 2.47. The van der Waals surface area contributed by atoms with Crippen LogP contribution in [0, 0.1) is 17.8 Å². The van der Waals surface area contributed by atoms with Crippen molar-refractivity contribution in [1.82, 2.24) is 15.3 Å². The number of aryl methyl sites for hydroxylation is 1. The van der Waals surface area contributed by atoms with Gasteiger partial charge in [0.25, 0.3) is 5.91 Å². The van der Waals surface area contributed by atoms with Crippen molar-refractivity contribution in [2.24, 2.45) is 26.7 Å². The number of primary sulfonamides is 1. The number of ether oxygens (including phenoxy) is 1. The third-order valence-electron chi connectivity index (χ3n) is 6.25. The van der Waals surface area contributed by atoms with E-state index in [2.05, 4.69) is 48.0 Å². The lowest BCUT2D eigenvalue weighted by Crippen LogP contribution is -2.38. The Labute approximate surface area is 202 Å². The lowest BCUT2D eigenvalue weighted by molar-refractivity contribution is 0.0375. The van der Waals surface area contributed by atoms with Crippen LogP contribution in [0.15, 0.2) is 4.99 Å². The summed E-state index contributed by atoms with van der Waals surface area (Å²) in [5.41, 5.74) is 17.5. The molecule has 9 N–H and O–H groups in total. The number of nitrogens with two attached hydrogens (primary N) is 4. The predicted octanol–water partition coefficient (Wildman–Crippen LogP) is 0.912. The Kier molecular flexibility index (Phi) is 10.7. The van der Waals surface area contributed by atoms with Crippen molar-refractivity contribution in [3.8, 4) is 0 Å². The second-order valence-electron chi connectivity index (χ2n) is 9.60. The average molecular weight is 501 g/mol. The summed E-state index contributed by atoms with van der Waals surface area (Å²) in [7, 11) is -3.45. The third-order valence-corrected chi connectivity index (χ3v) is 7.11. The molecule has 0 radical (unpaired) electrons. The van der Waals surface area contributed by atoms with Crippen molar-refractivity contribution < 1.29 is 17.9 Å². The van der Waals surface area contributed by atoms with Crippen LogP contribution in [0.25, 0.3) is 0 Å². The molecule has 1 rings (SSSR count). The van der Waals surface area contributed by atoms with Crippen LogP contribution in [0.3, 0.4) is 0 Å². The molecule has 1 amide bonds. The molecule has 0 saturated heterocycles. The fourth-order valence-corrected chi connectivity index (χ4v) is 3.64. The van der Waals surface area contributed by atoms with Gasteiger partial charge in [-0.1, -0.05) is 27.7 Å². The summed E-state index contributed by atoms with van der Waals surface area (Å²) in [6.07, 6.45) is 2.85. The molecule has 1 aromatic rings. The smallest absolute Gasteiger partial charge is 0.280 e. The third kappa shape index (κ3) is 9.77. The minimum absolute atomic E-state index is 0.0178. The van der Waals surface area contributed by atoms with Crippen LogP contribution in [0.4, 0.5) is 11.6 Å². The van der Waals surface area contributed by atoms with Gasteiger partial charge in [-0.05, 0) is 43.4 Å². The summed E-state index contributed by atoms with van der Waals surface area (Å²) in [5, 5.41) is 7.45. The maximum atomic E-state index is 12.3. The Hall–Kier alpha value is -2.51. The van der Waals surface area contributed by atoms with E-state index in [1.165, 1.54) is 0 Å². The maximum absolute atomic E-state index is 12.3. The van der Waals surface area contributed by atoms with Crippen LogP contribution in [0.2, 0.25) is 0 Å². The van der Waals surface area contributed by atoms with Crippen LogP contribution in [0.1, 0.15) is 69.6 Å². The van der Waals surface area contributed by atoms with E-state index >= 15 is 0 Å². The molecule has 34 heavy (non-hydrogen) atoms. The zero-order valence-electron chi connectivity index (χ0n) is 20.8. The first-order chi connectivity index (χ1) is 15.6. The molecule has 0 atom stereocenters. The number of rotatable bonds is 13. The molecule has 12 nitrogen and oxygen atoms in total. The summed E-state index contributed by atoms with van der Waals surface area (Å²) >= 11 is 0. The van der Waals surface area contributed by atoms with Crippen molar-refractivity contribution in [1.29, 1.82) is 0 Å². The number of aliphatic imine (C=N–C) groups is 1. The first kappa shape index (κ1) is 29.5. The molecule has 0 aliphatic carbocycles. The van der Waals surface area contributed by atoms with Gasteiger partial charge in [-0.3, -0.25) is 15.1 Å². The summed E-state index contributed by atoms with van der Waals surface area (Å²) < 4.78 is 27.5. The zero-order chi connectivity index (χ0) is 26.2. The molecule has 0 unspecified atom stereocenters. The number of hydrogen-bond acceptors (Lipinski definition) is 9. The van der Waals surface area contributed by atoms with Crippen molar-refractivity contribution in [3.63, 3.8) is 0 Å². The van der Waals surface area contributed by atoms with Gasteiger partial charge in [-0.2, -0.15) is 0 Å². The second kappa shape index (κ2) is 12.3. The van der Waals surface area contributed by atoms with E-state index in [0.29, 0.717) is 31.9 Å². The molecule has 0 bridgehead atoms. The number of nitrogens with zero attached hydrogens (tertiary/aromatic N) is 3. The average Bonchev–Trinajstić information content (AvgIpc) is 2.69. The summed E-state index contributed by atoms with van der Waals surface area (Å²) in [4.78, 5) is 24.5. The quantitative estimate of drug-likeness (QED) is 0.147. The number of nitrogens with one attached hydrogen (secondary N) is 1. The number of sulfonamides is 1. The highest BCUT2D eigenvalue weighted by atomic mass is 32.2. The van der Waals surface area contributed by atoms with Gasteiger partial charge >= 0.3 is 0 Å². The maximum Gasteiger partial charge on any atom is 0.280 e. The second-order valence-corrected chi connectivity index (χ2v) is 11.3. The molecule has 1 heterocycles. The van der Waals surface area contributed by atoms with E-state index in [9.17, 15) is 13.2 Å². The van der Waals surface area contributed by atoms with Gasteiger partial charge in [0.05, 0.1) is 11.4 Å². The number of guanidine groups is 1. The van der Waals surface area contributed by atoms with Crippen molar-refractivity contribution in [2.45, 2.75) is 60.3 Å². The van der Waals surface area contributed by atoms with Gasteiger partial charge in [0.15, 0.2) is 17.5 Å². The summed E-state index contributed by atoms with van der Waals surface area (Å²) in [6.45, 7) is 11.7. The molecule has 0 aliphatic rings. The van der Waals surface area contributed by atoms with E-state index in [0.717, 1.165) is 19.3 Å². The molecular weight excluding hydrogens is 460 g/mol. The molecule has 1 aromatic heterocycles. The molecule has 0 aromatic carbocycles. The topological polar surface area (TPSA) is 215 Å². The Bertz CT molecular complexity index is 977. The highest BCUT2D eigenvalue weighted by Crippen LogP contribution is 2.44. The van der Waals surface area contributed by atoms with E-state index in [4.69, 9.17) is 27.1 Å². The Morgan fingerprint density at radius 1 is 1.03 bits per heavy atom. The summed E-state index contributed by atoms with van der Waals surface area (Å²) in [6, 6.07) is 0. The molecule has 0 aliphatic heterocycles. The number of carbonyl (C=O) groups excluding carboxylic acids is 1. The standard InChI is InChI=1S/C21H40N8O4S/c1-14-16(22)28-17(23)15(27-14)18(30)29-19(24)26-10-6-8-20(2,3)21(4,5)9-12-33-11-7-13-34(25,31)32/h6-13H2,1-5H3,(H4,22,23,28)(H2,25,31,32)(H3,24,26,29,30). The Morgan fingerprint density at radius 2 is 1.65 bits per heavy atom. The van der Waals surface area contributed by atoms with Crippen molar-refractivity contribution >= 4 is 33.5 Å². The monoisotopic (exact) mass is 500 g/mol. The normalized spacial score (nSPS) is 13.2. The first-order valence-corrected chi connectivity index (χ1v) is 12.9. The van der Waals surface area contributed by atoms with Gasteiger partial charge in [0.1, 0.15) is 5.82 Å². The number of carbonyl (C=O) groups is 1. The first-order valence-electron chi connectivity index (χ1n) is 11.1. The van der Waals surface area contributed by atoms with Gasteiger partial charge in [-0.15, -0.1) is 0 Å². The van der Waals surface area contributed by atoms with Gasteiger partial charge in [0, 0.05) is 19.8 Å². The molecule has 0 spiro atoms. The minimum atomic E-state index is -3.45. The van der Waals surface area contributed by atoms with E-state index in [-0.39, 0.29) is 39.9 Å². The number of aromatic nitrogens is 2. The molecule has 0 fully saturated rings. The SMILES string of the molecule is Cc1nc(C(=O)NC(N)=NCCCC(C)(C)C(C)(C)CCOCCCS(N)(=O)=O)c(N)nc1N. The zero-order valence-corrected chi connectivity index (χ0v) is 21.7. The predicted molar refractivity (Wildman–Crippen MR) is 134 cm³/mol. The van der Waals surface area contributed by atoms with Crippen molar-refractivity contribution in [2.75, 3.05) is 37.0 Å². The van der Waals surface area contributed by atoms with Crippen LogP contribution in [0.5, 0.6) is 0 Å². The number of anilines is 2. The lowest BCUT2D eigenvalue weighted by atomic mass is 9.64. The number of amides is 1. The Morgan fingerprint density at radius 3 is 2.26 bits per heavy atom. The van der Waals surface area contributed by atoms with Crippen LogP contribution in [-0.2, 0) is 14.8 Å². The van der Waals surface area contributed by atoms with Crippen LogP contribution >= 0.6 is 0 Å². The van der Waals surface area contributed by atoms with E-state index < -0.39 is 15.9 Å². The molecule has 0 saturated carbocycles. The highest BCUT2D eigenvalue weighted by Gasteiger charge is 2.35. The van der Waals surface area contributed by atoms with E-state index in [1.807, 2.05) is 0 Å². The molecule has 194 valence electrons. The summed E-state index contributed by atoms with van der Waals surface area (Å²) in [5.74, 6) is -0.613. The van der Waals surface area contributed by atoms with Gasteiger partial charge in [0.2, 0.25) is 10.0 Å². The van der Waals surface area contributed by atoms with E-state index in [1.54, 1.807) is 6.92 Å². The van der Waals surface area contributed by atoms with Crippen LogP contribution in [-0.4, -0.2) is 55.8 Å². The van der Waals surface area contributed by atoms with Gasteiger partial charge < -0.3 is 21.9 Å². The molecule has 13 heteroatoms. The number of hydrogen-bond donors (Lipinski definition) is 5. The van der Waals surface area contributed by atoms with Crippen molar-refractivity contribution in [3.05, 3.63) is 11.4 Å². The lowest BCUT2D eigenvalue weighted by Gasteiger charge is -2.42. The van der Waals surface area contributed by atoms with Crippen LogP contribution < -0.4 is 27.7 Å². The fraction of sp³-hybridized carbons (Fsp3) is 0.714. The number of nitrogen functional groups attached to an aromatic ring is 2. The molecular formula is C21H40N8O4S.